The Kier molecular flexibility index (Phi) is 1.49. The summed E-state index contributed by atoms with van der Waals surface area (Å²) >= 11 is 5.70. The molecule has 0 aliphatic rings. The number of aromatic nitrogens is 2. The Labute approximate surface area is 59.4 Å². The molecule has 0 N–H and O–H groups in total. The molecule has 3 heteroatoms. The van der Waals surface area contributed by atoms with Gasteiger partial charge in [-0.05, 0) is 13.8 Å². The van der Waals surface area contributed by atoms with Gasteiger partial charge in [0.2, 0.25) is 0 Å². The van der Waals surface area contributed by atoms with Crippen molar-refractivity contribution in [3.63, 3.8) is 0 Å². The zero-order chi connectivity index (χ0) is 7.02. The third-order valence-electron chi connectivity index (χ3n) is 1.58. The molecule has 0 bridgehead atoms. The molecule has 1 rings (SSSR count). The molecule has 0 aliphatic heterocycles. The molecule has 0 atom stereocenters. The van der Waals surface area contributed by atoms with Crippen LogP contribution in [0.1, 0.15) is 11.3 Å². The minimum atomic E-state index is 0.606. The topological polar surface area (TPSA) is 17.8 Å². The first kappa shape index (κ1) is 6.62. The van der Waals surface area contributed by atoms with Gasteiger partial charge in [0.1, 0.15) is 0 Å². The van der Waals surface area contributed by atoms with E-state index >= 15 is 0 Å². The lowest BCUT2D eigenvalue weighted by molar-refractivity contribution is 0.739. The van der Waals surface area contributed by atoms with Gasteiger partial charge in [-0.15, -0.1) is 0 Å². The van der Waals surface area contributed by atoms with Gasteiger partial charge in [0.15, 0.2) is 5.15 Å². The second kappa shape index (κ2) is 2.03. The summed E-state index contributed by atoms with van der Waals surface area (Å²) in [5.74, 6) is 0. The molecular formula is C6H9ClN2. The Morgan fingerprint density at radius 1 is 1.44 bits per heavy atom. The van der Waals surface area contributed by atoms with Crippen molar-refractivity contribution in [3.05, 3.63) is 16.4 Å². The molecule has 0 saturated heterocycles. The third-order valence-corrected chi connectivity index (χ3v) is 1.93. The van der Waals surface area contributed by atoms with Gasteiger partial charge < -0.3 is 0 Å². The van der Waals surface area contributed by atoms with Gasteiger partial charge >= 0.3 is 0 Å². The van der Waals surface area contributed by atoms with Crippen LogP contribution in [0.3, 0.4) is 0 Å². The molecule has 0 aromatic carbocycles. The molecule has 0 saturated carbocycles. The second-order valence-corrected chi connectivity index (χ2v) is 2.48. The smallest absolute Gasteiger partial charge is 0.154 e. The van der Waals surface area contributed by atoms with E-state index in [0.717, 1.165) is 11.3 Å². The maximum absolute atomic E-state index is 5.70. The van der Waals surface area contributed by atoms with E-state index in [0.29, 0.717) is 5.15 Å². The van der Waals surface area contributed by atoms with Crippen LogP contribution in [0.25, 0.3) is 0 Å². The average Bonchev–Trinajstić information content (AvgIpc) is 1.98. The lowest BCUT2D eigenvalue weighted by atomic mass is 10.3. The molecule has 0 aliphatic carbocycles. The summed E-state index contributed by atoms with van der Waals surface area (Å²) in [4.78, 5) is 0. The number of halogens is 1. The Morgan fingerprint density at radius 3 is 2.11 bits per heavy atom. The van der Waals surface area contributed by atoms with E-state index in [2.05, 4.69) is 5.10 Å². The normalized spacial score (nSPS) is 10.2. The van der Waals surface area contributed by atoms with E-state index in [9.17, 15) is 0 Å². The molecule has 0 radical (unpaired) electrons. The Morgan fingerprint density at radius 2 is 2.00 bits per heavy atom. The van der Waals surface area contributed by atoms with Crippen LogP contribution in [-0.4, -0.2) is 9.78 Å². The van der Waals surface area contributed by atoms with Crippen molar-refractivity contribution < 1.29 is 0 Å². The second-order valence-electron chi connectivity index (χ2n) is 2.12. The molecule has 0 spiro atoms. The van der Waals surface area contributed by atoms with Gasteiger partial charge in [0, 0.05) is 18.3 Å². The largest absolute Gasteiger partial charge is 0.271 e. The van der Waals surface area contributed by atoms with Crippen molar-refractivity contribution in [3.8, 4) is 0 Å². The molecule has 0 amide bonds. The summed E-state index contributed by atoms with van der Waals surface area (Å²) in [7, 11) is 1.88. The summed E-state index contributed by atoms with van der Waals surface area (Å²) < 4.78 is 1.78. The molecule has 1 aromatic rings. The van der Waals surface area contributed by atoms with Gasteiger partial charge in [-0.2, -0.15) is 5.10 Å². The molecule has 0 fully saturated rings. The molecular weight excluding hydrogens is 136 g/mol. The predicted molar refractivity (Wildman–Crippen MR) is 37.7 cm³/mol. The van der Waals surface area contributed by atoms with Crippen molar-refractivity contribution in [2.75, 3.05) is 0 Å². The lowest BCUT2D eigenvalue weighted by Crippen LogP contribution is -1.91. The highest BCUT2D eigenvalue weighted by Crippen LogP contribution is 2.15. The van der Waals surface area contributed by atoms with Gasteiger partial charge in [-0.25, -0.2) is 0 Å². The number of nitrogens with zero attached hydrogens (tertiary/aromatic N) is 2. The Balaban J connectivity index is 3.29. The number of rotatable bonds is 0. The lowest BCUT2D eigenvalue weighted by Gasteiger charge is -1.90. The maximum atomic E-state index is 5.70. The molecule has 9 heavy (non-hydrogen) atoms. The number of hydrogen-bond acceptors (Lipinski definition) is 1. The van der Waals surface area contributed by atoms with E-state index in [4.69, 9.17) is 11.6 Å². The highest BCUT2D eigenvalue weighted by Gasteiger charge is 2.03. The molecule has 1 heterocycles. The van der Waals surface area contributed by atoms with Crippen LogP contribution in [0.4, 0.5) is 0 Å². The molecule has 50 valence electrons. The third kappa shape index (κ3) is 0.944. The van der Waals surface area contributed by atoms with Crippen LogP contribution in [0.5, 0.6) is 0 Å². The van der Waals surface area contributed by atoms with E-state index in [1.54, 1.807) is 4.68 Å². The van der Waals surface area contributed by atoms with E-state index in [-0.39, 0.29) is 0 Å². The first-order valence-corrected chi connectivity index (χ1v) is 3.16. The van der Waals surface area contributed by atoms with Crippen molar-refractivity contribution >= 4 is 11.6 Å². The highest BCUT2D eigenvalue weighted by atomic mass is 35.5. The van der Waals surface area contributed by atoms with Crippen molar-refractivity contribution in [1.29, 1.82) is 0 Å². The van der Waals surface area contributed by atoms with Crippen LogP contribution >= 0.6 is 11.6 Å². The Bertz CT molecular complexity index is 205. The Hall–Kier alpha value is -0.500. The van der Waals surface area contributed by atoms with Gasteiger partial charge in [-0.1, -0.05) is 11.6 Å². The van der Waals surface area contributed by atoms with Crippen LogP contribution in [-0.2, 0) is 7.05 Å². The zero-order valence-electron chi connectivity index (χ0n) is 5.77. The fourth-order valence-electron chi connectivity index (χ4n) is 0.674. The monoisotopic (exact) mass is 144 g/mol. The summed E-state index contributed by atoms with van der Waals surface area (Å²) in [6.45, 7) is 3.96. The SMILES string of the molecule is Cc1c(Cl)nn(C)c1C. The standard InChI is InChI=1S/C6H9ClN2/c1-4-5(2)9(3)8-6(4)7/h1-3H3. The summed E-state index contributed by atoms with van der Waals surface area (Å²) in [5.41, 5.74) is 2.19. The van der Waals surface area contributed by atoms with Crippen molar-refractivity contribution in [2.24, 2.45) is 7.05 Å². The van der Waals surface area contributed by atoms with E-state index in [1.165, 1.54) is 0 Å². The van der Waals surface area contributed by atoms with E-state index in [1.807, 2.05) is 20.9 Å². The van der Waals surface area contributed by atoms with Crippen LogP contribution in [0.2, 0.25) is 5.15 Å². The first-order chi connectivity index (χ1) is 4.13. The van der Waals surface area contributed by atoms with Crippen molar-refractivity contribution in [1.82, 2.24) is 9.78 Å². The fraction of sp³-hybridized carbons (Fsp3) is 0.500. The zero-order valence-corrected chi connectivity index (χ0v) is 6.53. The summed E-state index contributed by atoms with van der Waals surface area (Å²) in [6, 6.07) is 0. The van der Waals surface area contributed by atoms with Gasteiger partial charge in [0.25, 0.3) is 0 Å². The molecule has 0 unspecified atom stereocenters. The predicted octanol–water partition coefficient (Wildman–Crippen LogP) is 1.69. The van der Waals surface area contributed by atoms with Gasteiger partial charge in [0.05, 0.1) is 0 Å². The van der Waals surface area contributed by atoms with E-state index < -0.39 is 0 Å². The summed E-state index contributed by atoms with van der Waals surface area (Å²) in [5, 5.41) is 4.60. The highest BCUT2D eigenvalue weighted by molar-refractivity contribution is 6.30. The quantitative estimate of drug-likeness (QED) is 0.542. The fourth-order valence-corrected chi connectivity index (χ4v) is 0.924. The first-order valence-electron chi connectivity index (χ1n) is 2.78. The number of hydrogen-bond donors (Lipinski definition) is 0. The molecule has 2 nitrogen and oxygen atoms in total. The minimum absolute atomic E-state index is 0.606. The minimum Gasteiger partial charge on any atom is -0.271 e. The van der Waals surface area contributed by atoms with Crippen molar-refractivity contribution in [2.45, 2.75) is 13.8 Å². The molecule has 1 aromatic heterocycles. The average molecular weight is 145 g/mol. The van der Waals surface area contributed by atoms with Gasteiger partial charge in [-0.3, -0.25) is 4.68 Å². The number of aryl methyl sites for hydroxylation is 1. The van der Waals surface area contributed by atoms with Crippen LogP contribution in [0, 0.1) is 13.8 Å². The summed E-state index contributed by atoms with van der Waals surface area (Å²) in [6.07, 6.45) is 0. The van der Waals surface area contributed by atoms with Crippen LogP contribution in [0.15, 0.2) is 0 Å². The maximum Gasteiger partial charge on any atom is 0.154 e. The van der Waals surface area contributed by atoms with Crippen LogP contribution < -0.4 is 0 Å².